The Balaban J connectivity index is 0.00000176. The molecule has 6 heteroatoms. The van der Waals surface area contributed by atoms with Gasteiger partial charge < -0.3 is 5.32 Å². The smallest absolute Gasteiger partial charge is 0.141 e. The maximum Gasteiger partial charge on any atom is 0.141 e. The van der Waals surface area contributed by atoms with E-state index in [9.17, 15) is 4.39 Å². The summed E-state index contributed by atoms with van der Waals surface area (Å²) in [6, 6.07) is 9.33. The van der Waals surface area contributed by atoms with Crippen LogP contribution in [0.4, 0.5) is 4.39 Å². The molecule has 1 saturated heterocycles. The summed E-state index contributed by atoms with van der Waals surface area (Å²) in [6.45, 7) is 3.56. The summed E-state index contributed by atoms with van der Waals surface area (Å²) in [4.78, 5) is 6.46. The van der Waals surface area contributed by atoms with E-state index in [1.54, 1.807) is 12.1 Å². The average Bonchev–Trinajstić information content (AvgIpc) is 2.52. The molecule has 1 aliphatic heterocycles. The number of piperazine rings is 1. The van der Waals surface area contributed by atoms with Gasteiger partial charge in [-0.1, -0.05) is 17.7 Å². The van der Waals surface area contributed by atoms with Crippen molar-refractivity contribution in [3.63, 3.8) is 0 Å². The number of nitrogens with one attached hydrogen (secondary N) is 1. The van der Waals surface area contributed by atoms with E-state index in [1.807, 2.05) is 24.5 Å². The second-order valence-corrected chi connectivity index (χ2v) is 5.63. The van der Waals surface area contributed by atoms with Gasteiger partial charge in [0, 0.05) is 44.6 Å². The maximum atomic E-state index is 13.3. The minimum Gasteiger partial charge on any atom is -0.314 e. The number of nitrogens with zero attached hydrogens (tertiary/aromatic N) is 2. The minimum absolute atomic E-state index is 0. The Bertz CT molecular complexity index is 610. The molecule has 118 valence electrons. The van der Waals surface area contributed by atoms with Crippen LogP contribution in [-0.2, 0) is 6.54 Å². The fourth-order valence-electron chi connectivity index (χ4n) is 2.72. The first-order valence-electron chi connectivity index (χ1n) is 7.02. The molecule has 1 N–H and O–H groups in total. The van der Waals surface area contributed by atoms with E-state index in [0.29, 0.717) is 6.04 Å². The molecule has 1 unspecified atom stereocenters. The molecule has 1 aromatic carbocycles. The zero-order valence-electron chi connectivity index (χ0n) is 12.0. The van der Waals surface area contributed by atoms with Crippen LogP contribution in [0.5, 0.6) is 0 Å². The van der Waals surface area contributed by atoms with E-state index in [4.69, 9.17) is 11.6 Å². The highest BCUT2D eigenvalue weighted by Crippen LogP contribution is 2.25. The number of aromatic nitrogens is 1. The lowest BCUT2D eigenvalue weighted by Crippen LogP contribution is -2.45. The zero-order chi connectivity index (χ0) is 14.7. The number of halogens is 3. The number of rotatable bonds is 3. The van der Waals surface area contributed by atoms with Crippen LogP contribution >= 0.6 is 24.0 Å². The largest absolute Gasteiger partial charge is 0.314 e. The Labute approximate surface area is 140 Å². The van der Waals surface area contributed by atoms with Gasteiger partial charge in [-0.25, -0.2) is 4.39 Å². The first-order valence-corrected chi connectivity index (χ1v) is 7.40. The van der Waals surface area contributed by atoms with Crippen LogP contribution in [0.15, 0.2) is 42.7 Å². The number of benzene rings is 1. The molecule has 1 atom stereocenters. The summed E-state index contributed by atoms with van der Waals surface area (Å²) in [7, 11) is 0. The van der Waals surface area contributed by atoms with Gasteiger partial charge in [0.25, 0.3) is 0 Å². The molecule has 1 aromatic heterocycles. The molecule has 3 nitrogen and oxygen atoms in total. The molecule has 0 spiro atoms. The molecule has 1 fully saturated rings. The highest BCUT2D eigenvalue weighted by atomic mass is 35.5. The van der Waals surface area contributed by atoms with Crippen molar-refractivity contribution in [1.82, 2.24) is 15.2 Å². The predicted molar refractivity (Wildman–Crippen MR) is 88.9 cm³/mol. The van der Waals surface area contributed by atoms with Gasteiger partial charge in [-0.05, 0) is 35.4 Å². The maximum absolute atomic E-state index is 13.3. The Morgan fingerprint density at radius 1 is 1.27 bits per heavy atom. The van der Waals surface area contributed by atoms with Crippen LogP contribution in [0, 0.1) is 5.82 Å². The molecule has 2 heterocycles. The molecular formula is C16H18Cl2FN3. The SMILES string of the molecule is Cl.Fc1ccc(CN2CCNCC2c2ccncc2)cc1Cl. The summed E-state index contributed by atoms with van der Waals surface area (Å²) in [5, 5.41) is 3.60. The Hall–Kier alpha value is -1.20. The van der Waals surface area contributed by atoms with Crippen molar-refractivity contribution >= 4 is 24.0 Å². The topological polar surface area (TPSA) is 28.2 Å². The highest BCUT2D eigenvalue weighted by Gasteiger charge is 2.23. The summed E-state index contributed by atoms with van der Waals surface area (Å²) < 4.78 is 13.3. The van der Waals surface area contributed by atoms with Crippen molar-refractivity contribution in [3.05, 3.63) is 64.7 Å². The van der Waals surface area contributed by atoms with Gasteiger partial charge in [0.2, 0.25) is 0 Å². The summed E-state index contributed by atoms with van der Waals surface area (Å²) in [5.41, 5.74) is 2.27. The first kappa shape index (κ1) is 17.2. The van der Waals surface area contributed by atoms with Crippen molar-refractivity contribution < 1.29 is 4.39 Å². The molecule has 0 saturated carbocycles. The molecule has 0 aliphatic carbocycles. The van der Waals surface area contributed by atoms with Crippen molar-refractivity contribution in [1.29, 1.82) is 0 Å². The Morgan fingerprint density at radius 2 is 2.05 bits per heavy atom. The van der Waals surface area contributed by atoms with Crippen LogP contribution < -0.4 is 5.32 Å². The second-order valence-electron chi connectivity index (χ2n) is 5.22. The lowest BCUT2D eigenvalue weighted by Gasteiger charge is -2.36. The van der Waals surface area contributed by atoms with E-state index >= 15 is 0 Å². The lowest BCUT2D eigenvalue weighted by molar-refractivity contribution is 0.153. The molecule has 0 amide bonds. The van der Waals surface area contributed by atoms with Crippen LogP contribution in [0.25, 0.3) is 0 Å². The van der Waals surface area contributed by atoms with Crippen LogP contribution in [-0.4, -0.2) is 29.5 Å². The zero-order valence-corrected chi connectivity index (χ0v) is 13.6. The first-order chi connectivity index (χ1) is 10.2. The van der Waals surface area contributed by atoms with Gasteiger partial charge in [0.15, 0.2) is 0 Å². The van der Waals surface area contributed by atoms with Crippen molar-refractivity contribution in [2.45, 2.75) is 12.6 Å². The minimum atomic E-state index is -0.369. The van der Waals surface area contributed by atoms with Gasteiger partial charge in [0.05, 0.1) is 5.02 Å². The summed E-state index contributed by atoms with van der Waals surface area (Å²) in [5.74, 6) is -0.369. The summed E-state index contributed by atoms with van der Waals surface area (Å²) in [6.07, 6.45) is 3.63. The lowest BCUT2D eigenvalue weighted by atomic mass is 10.0. The fraction of sp³-hybridized carbons (Fsp3) is 0.312. The molecule has 2 aromatic rings. The van der Waals surface area contributed by atoms with Gasteiger partial charge in [-0.15, -0.1) is 12.4 Å². The number of pyridine rings is 1. The number of hydrogen-bond donors (Lipinski definition) is 1. The van der Waals surface area contributed by atoms with Crippen LogP contribution in [0.2, 0.25) is 5.02 Å². The van der Waals surface area contributed by atoms with Gasteiger partial charge in [-0.3, -0.25) is 9.88 Å². The van der Waals surface area contributed by atoms with E-state index in [-0.39, 0.29) is 23.2 Å². The van der Waals surface area contributed by atoms with E-state index < -0.39 is 0 Å². The van der Waals surface area contributed by atoms with Crippen molar-refractivity contribution in [2.24, 2.45) is 0 Å². The quantitative estimate of drug-likeness (QED) is 0.926. The van der Waals surface area contributed by atoms with Crippen molar-refractivity contribution in [3.8, 4) is 0 Å². The molecule has 0 radical (unpaired) electrons. The third-order valence-corrected chi connectivity index (χ3v) is 4.10. The van der Waals surface area contributed by atoms with E-state index in [1.165, 1.54) is 11.6 Å². The highest BCUT2D eigenvalue weighted by molar-refractivity contribution is 6.30. The number of hydrogen-bond acceptors (Lipinski definition) is 3. The molecular weight excluding hydrogens is 324 g/mol. The van der Waals surface area contributed by atoms with Gasteiger partial charge in [0.1, 0.15) is 5.82 Å². The third kappa shape index (κ3) is 3.96. The standard InChI is InChI=1S/C16H17ClFN3.ClH/c17-14-9-12(1-2-15(14)18)11-21-8-7-20-10-16(21)13-3-5-19-6-4-13;/h1-6,9,16,20H,7-8,10-11H2;1H. The average molecular weight is 342 g/mol. The fourth-order valence-corrected chi connectivity index (χ4v) is 2.93. The Kier molecular flexibility index (Phi) is 6.15. The van der Waals surface area contributed by atoms with E-state index in [0.717, 1.165) is 31.7 Å². The third-order valence-electron chi connectivity index (χ3n) is 3.81. The second kappa shape index (κ2) is 7.88. The van der Waals surface area contributed by atoms with Crippen LogP contribution in [0.3, 0.4) is 0 Å². The molecule has 0 bridgehead atoms. The molecule has 22 heavy (non-hydrogen) atoms. The van der Waals surface area contributed by atoms with Crippen molar-refractivity contribution in [2.75, 3.05) is 19.6 Å². The van der Waals surface area contributed by atoms with E-state index in [2.05, 4.69) is 15.2 Å². The van der Waals surface area contributed by atoms with Gasteiger partial charge in [-0.2, -0.15) is 0 Å². The van der Waals surface area contributed by atoms with Gasteiger partial charge >= 0.3 is 0 Å². The predicted octanol–water partition coefficient (Wildman–Crippen LogP) is 3.44. The monoisotopic (exact) mass is 341 g/mol. The van der Waals surface area contributed by atoms with Crippen LogP contribution in [0.1, 0.15) is 17.2 Å². The normalized spacial score (nSPS) is 18.7. The molecule has 3 rings (SSSR count). The Morgan fingerprint density at radius 3 is 2.77 bits per heavy atom. The molecule has 1 aliphatic rings. The summed E-state index contributed by atoms with van der Waals surface area (Å²) >= 11 is 5.87.